The van der Waals surface area contributed by atoms with Crippen molar-refractivity contribution >= 4 is 23.3 Å². The van der Waals surface area contributed by atoms with Crippen LogP contribution < -0.4 is 5.32 Å². The molecule has 2 rings (SSSR count). The second-order valence-electron chi connectivity index (χ2n) is 6.32. The average Bonchev–Trinajstić information content (AvgIpc) is 2.83. The van der Waals surface area contributed by atoms with Crippen LogP contribution in [0.5, 0.6) is 0 Å². The normalized spacial score (nSPS) is 15.6. The molecule has 0 aromatic carbocycles. The number of likely N-dealkylation sites (tertiary alicyclic amines) is 1. The third kappa shape index (κ3) is 4.92. The molecule has 1 aliphatic heterocycles. The number of rotatable bonds is 4. The Morgan fingerprint density at radius 2 is 1.96 bits per heavy atom. The SMILES string of the molecule is Cc1nc(CNC(=O)N2CCC(CC(=O)N(C)C)CC2)c(C)s1. The van der Waals surface area contributed by atoms with Gasteiger partial charge in [-0.05, 0) is 32.6 Å². The summed E-state index contributed by atoms with van der Waals surface area (Å²) >= 11 is 1.65. The van der Waals surface area contributed by atoms with E-state index in [-0.39, 0.29) is 11.9 Å². The smallest absolute Gasteiger partial charge is 0.317 e. The van der Waals surface area contributed by atoms with Gasteiger partial charge < -0.3 is 15.1 Å². The molecule has 3 amide bonds. The fourth-order valence-electron chi connectivity index (χ4n) is 2.78. The van der Waals surface area contributed by atoms with Crippen molar-refractivity contribution in [3.8, 4) is 0 Å². The first-order chi connectivity index (χ1) is 10.9. The van der Waals surface area contributed by atoms with E-state index in [4.69, 9.17) is 0 Å². The molecule has 2 heterocycles. The largest absolute Gasteiger partial charge is 0.349 e. The van der Waals surface area contributed by atoms with E-state index >= 15 is 0 Å². The van der Waals surface area contributed by atoms with Crippen LogP contribution in [-0.2, 0) is 11.3 Å². The van der Waals surface area contributed by atoms with Crippen molar-refractivity contribution < 1.29 is 9.59 Å². The van der Waals surface area contributed by atoms with Crippen LogP contribution in [0.15, 0.2) is 0 Å². The fraction of sp³-hybridized carbons (Fsp3) is 0.688. The van der Waals surface area contributed by atoms with Crippen LogP contribution in [0.3, 0.4) is 0 Å². The molecule has 0 spiro atoms. The van der Waals surface area contributed by atoms with Gasteiger partial charge in [0.05, 0.1) is 17.2 Å². The van der Waals surface area contributed by atoms with Gasteiger partial charge in [-0.3, -0.25) is 4.79 Å². The second-order valence-corrected chi connectivity index (χ2v) is 7.72. The standard InChI is InChI=1S/C16H26N4O2S/c1-11-14(18-12(2)23-11)10-17-16(22)20-7-5-13(6-8-20)9-15(21)19(3)4/h13H,5-10H2,1-4H3,(H,17,22). The third-order valence-electron chi connectivity index (χ3n) is 4.27. The summed E-state index contributed by atoms with van der Waals surface area (Å²) in [6, 6.07) is -0.0348. The van der Waals surface area contributed by atoms with Gasteiger partial charge in [0.1, 0.15) is 0 Å². The number of aryl methyl sites for hydroxylation is 2. The van der Waals surface area contributed by atoms with Crippen LogP contribution in [0.25, 0.3) is 0 Å². The number of aromatic nitrogens is 1. The Bertz CT molecular complexity index is 562. The van der Waals surface area contributed by atoms with E-state index in [2.05, 4.69) is 10.3 Å². The molecule has 0 unspecified atom stereocenters. The lowest BCUT2D eigenvalue weighted by Crippen LogP contribution is -2.44. The highest BCUT2D eigenvalue weighted by molar-refractivity contribution is 7.11. The molecule has 1 saturated heterocycles. The molecule has 7 heteroatoms. The van der Waals surface area contributed by atoms with Crippen LogP contribution in [0.4, 0.5) is 4.79 Å². The van der Waals surface area contributed by atoms with Crippen molar-refractivity contribution in [1.29, 1.82) is 0 Å². The first-order valence-corrected chi connectivity index (χ1v) is 8.84. The van der Waals surface area contributed by atoms with Gasteiger partial charge in [-0.1, -0.05) is 0 Å². The Morgan fingerprint density at radius 3 is 2.48 bits per heavy atom. The van der Waals surface area contributed by atoms with E-state index in [0.29, 0.717) is 32.0 Å². The molecule has 1 aliphatic rings. The molecule has 0 atom stereocenters. The topological polar surface area (TPSA) is 65.5 Å². The van der Waals surface area contributed by atoms with Gasteiger partial charge in [-0.25, -0.2) is 9.78 Å². The van der Waals surface area contributed by atoms with E-state index in [9.17, 15) is 9.59 Å². The molecule has 1 N–H and O–H groups in total. The lowest BCUT2D eigenvalue weighted by Gasteiger charge is -2.32. The van der Waals surface area contributed by atoms with E-state index < -0.39 is 0 Å². The highest BCUT2D eigenvalue weighted by Gasteiger charge is 2.24. The maximum atomic E-state index is 12.2. The van der Waals surface area contributed by atoms with Crippen LogP contribution in [0.2, 0.25) is 0 Å². The molecular formula is C16H26N4O2S. The van der Waals surface area contributed by atoms with Crippen LogP contribution in [0, 0.1) is 19.8 Å². The molecular weight excluding hydrogens is 312 g/mol. The number of urea groups is 1. The molecule has 1 fully saturated rings. The summed E-state index contributed by atoms with van der Waals surface area (Å²) in [5, 5.41) is 3.98. The van der Waals surface area contributed by atoms with Crippen molar-refractivity contribution in [2.45, 2.75) is 39.7 Å². The van der Waals surface area contributed by atoms with Crippen LogP contribution >= 0.6 is 11.3 Å². The Balaban J connectivity index is 1.75. The van der Waals surface area contributed by atoms with E-state index in [1.807, 2.05) is 18.7 Å². The highest BCUT2D eigenvalue weighted by atomic mass is 32.1. The van der Waals surface area contributed by atoms with Gasteiger partial charge in [0.25, 0.3) is 0 Å². The van der Waals surface area contributed by atoms with E-state index in [1.165, 1.54) is 0 Å². The highest BCUT2D eigenvalue weighted by Crippen LogP contribution is 2.21. The summed E-state index contributed by atoms with van der Waals surface area (Å²) < 4.78 is 0. The molecule has 128 valence electrons. The first kappa shape index (κ1) is 17.7. The molecule has 0 saturated carbocycles. The Morgan fingerprint density at radius 1 is 1.30 bits per heavy atom. The van der Waals surface area contributed by atoms with E-state index in [0.717, 1.165) is 28.4 Å². The predicted molar refractivity (Wildman–Crippen MR) is 91.4 cm³/mol. The summed E-state index contributed by atoms with van der Waals surface area (Å²) in [6.45, 7) is 5.91. The minimum atomic E-state index is -0.0348. The minimum Gasteiger partial charge on any atom is -0.349 e. The number of carbonyl (C=O) groups excluding carboxylic acids is 2. The molecule has 1 aromatic heterocycles. The zero-order valence-corrected chi connectivity index (χ0v) is 15.2. The van der Waals surface area contributed by atoms with Crippen molar-refractivity contribution in [2.75, 3.05) is 27.2 Å². The van der Waals surface area contributed by atoms with Crippen molar-refractivity contribution in [1.82, 2.24) is 20.1 Å². The summed E-state index contributed by atoms with van der Waals surface area (Å²) in [5.74, 6) is 0.555. The van der Waals surface area contributed by atoms with Gasteiger partial charge in [0.2, 0.25) is 5.91 Å². The molecule has 1 aromatic rings. The Labute approximate surface area is 141 Å². The van der Waals surface area contributed by atoms with Gasteiger partial charge in [0.15, 0.2) is 0 Å². The summed E-state index contributed by atoms with van der Waals surface area (Å²) in [6.07, 6.45) is 2.36. The predicted octanol–water partition coefficient (Wildman–Crippen LogP) is 2.16. The Hall–Kier alpha value is -1.63. The first-order valence-electron chi connectivity index (χ1n) is 8.02. The summed E-state index contributed by atoms with van der Waals surface area (Å²) in [7, 11) is 3.57. The van der Waals surface area contributed by atoms with Crippen molar-refractivity contribution in [3.05, 3.63) is 15.6 Å². The van der Waals surface area contributed by atoms with Gasteiger partial charge in [0, 0.05) is 38.5 Å². The molecule has 6 nitrogen and oxygen atoms in total. The Kier molecular flexibility index (Phi) is 5.98. The van der Waals surface area contributed by atoms with Crippen LogP contribution in [-0.4, -0.2) is 53.9 Å². The van der Waals surface area contributed by atoms with Gasteiger partial charge >= 0.3 is 6.03 Å². The zero-order chi connectivity index (χ0) is 17.0. The van der Waals surface area contributed by atoms with Gasteiger partial charge in [-0.15, -0.1) is 11.3 Å². The maximum absolute atomic E-state index is 12.2. The number of amides is 3. The molecule has 23 heavy (non-hydrogen) atoms. The zero-order valence-electron chi connectivity index (χ0n) is 14.4. The lowest BCUT2D eigenvalue weighted by atomic mass is 9.93. The number of thiazole rings is 1. The monoisotopic (exact) mass is 338 g/mol. The van der Waals surface area contributed by atoms with Crippen molar-refractivity contribution in [2.24, 2.45) is 5.92 Å². The number of piperidine rings is 1. The van der Waals surface area contributed by atoms with E-state index in [1.54, 1.807) is 30.3 Å². The quantitative estimate of drug-likeness (QED) is 0.915. The average molecular weight is 338 g/mol. The number of carbonyl (C=O) groups is 2. The number of nitrogens with one attached hydrogen (secondary N) is 1. The summed E-state index contributed by atoms with van der Waals surface area (Å²) in [5.41, 5.74) is 0.951. The summed E-state index contributed by atoms with van der Waals surface area (Å²) in [4.78, 5) is 33.1. The van der Waals surface area contributed by atoms with Gasteiger partial charge in [-0.2, -0.15) is 0 Å². The van der Waals surface area contributed by atoms with Crippen LogP contribution in [0.1, 0.15) is 34.8 Å². The minimum absolute atomic E-state index is 0.0348. The fourth-order valence-corrected chi connectivity index (χ4v) is 3.61. The number of hydrogen-bond donors (Lipinski definition) is 1. The number of hydrogen-bond acceptors (Lipinski definition) is 4. The third-order valence-corrected chi connectivity index (χ3v) is 5.20. The molecule has 0 bridgehead atoms. The second kappa shape index (κ2) is 7.77. The molecule has 0 aliphatic carbocycles. The van der Waals surface area contributed by atoms with Crippen molar-refractivity contribution in [3.63, 3.8) is 0 Å². The lowest BCUT2D eigenvalue weighted by molar-refractivity contribution is -0.129. The maximum Gasteiger partial charge on any atom is 0.317 e. The number of nitrogens with zero attached hydrogens (tertiary/aromatic N) is 3. The molecule has 0 radical (unpaired) electrons.